The zero-order valence-electron chi connectivity index (χ0n) is 12.2. The van der Waals surface area contributed by atoms with Gasteiger partial charge in [-0.15, -0.1) is 0 Å². The van der Waals surface area contributed by atoms with Gasteiger partial charge in [0.2, 0.25) is 0 Å². The molecule has 0 aliphatic carbocycles. The maximum atomic E-state index is 13.8. The molecule has 112 valence electrons. The van der Waals surface area contributed by atoms with Crippen LogP contribution in [0.1, 0.15) is 22.6 Å². The molecule has 4 nitrogen and oxygen atoms in total. The summed E-state index contributed by atoms with van der Waals surface area (Å²) >= 11 is 0. The van der Waals surface area contributed by atoms with Crippen molar-refractivity contribution in [1.82, 2.24) is 0 Å². The molecule has 2 aromatic carbocycles. The molecule has 5 heteroatoms. The predicted molar refractivity (Wildman–Crippen MR) is 78.0 cm³/mol. The van der Waals surface area contributed by atoms with Crippen LogP contribution in [0.4, 0.5) is 4.39 Å². The highest BCUT2D eigenvalue weighted by molar-refractivity contribution is 5.83. The summed E-state index contributed by atoms with van der Waals surface area (Å²) in [5, 5.41) is 9.17. The molecule has 1 unspecified atom stereocenters. The number of carbonyl (C=O) groups is 1. The van der Waals surface area contributed by atoms with Gasteiger partial charge in [0.05, 0.1) is 19.8 Å². The lowest BCUT2D eigenvalue weighted by atomic mass is 9.88. The van der Waals surface area contributed by atoms with Crippen molar-refractivity contribution >= 4 is 5.97 Å². The number of ether oxygens (including phenoxy) is 2. The highest BCUT2D eigenvalue weighted by Crippen LogP contribution is 2.30. The van der Waals surface area contributed by atoms with E-state index in [1.165, 1.54) is 26.4 Å². The number of carbonyl (C=O) groups excluding carboxylic acids is 1. The quantitative estimate of drug-likeness (QED) is 0.814. The van der Waals surface area contributed by atoms with Crippen molar-refractivity contribution in [3.05, 3.63) is 65.0 Å². The van der Waals surface area contributed by atoms with Crippen LogP contribution in [0.2, 0.25) is 0 Å². The largest absolute Gasteiger partial charge is 0.497 e. The van der Waals surface area contributed by atoms with E-state index in [0.29, 0.717) is 11.3 Å². The molecule has 0 aromatic heterocycles. The Labute approximate surface area is 127 Å². The lowest BCUT2D eigenvalue weighted by Gasteiger charge is -2.17. The van der Waals surface area contributed by atoms with E-state index in [4.69, 9.17) is 14.7 Å². The van der Waals surface area contributed by atoms with Crippen LogP contribution in [0.5, 0.6) is 5.75 Å². The van der Waals surface area contributed by atoms with Gasteiger partial charge in [-0.1, -0.05) is 24.3 Å². The first-order valence-electron chi connectivity index (χ1n) is 6.52. The molecule has 0 aliphatic rings. The Morgan fingerprint density at radius 2 is 1.86 bits per heavy atom. The molecule has 2 aromatic rings. The molecule has 0 bridgehead atoms. The van der Waals surface area contributed by atoms with Crippen molar-refractivity contribution in [1.29, 1.82) is 5.26 Å². The third kappa shape index (κ3) is 2.91. The van der Waals surface area contributed by atoms with Crippen LogP contribution >= 0.6 is 0 Å². The van der Waals surface area contributed by atoms with E-state index in [9.17, 15) is 9.18 Å². The Hall–Kier alpha value is -2.87. The summed E-state index contributed by atoms with van der Waals surface area (Å²) in [6, 6.07) is 12.8. The Morgan fingerprint density at radius 3 is 2.41 bits per heavy atom. The molecule has 0 spiro atoms. The van der Waals surface area contributed by atoms with Crippen molar-refractivity contribution in [3.63, 3.8) is 0 Å². The number of rotatable bonds is 4. The molecular formula is C17H14FNO3. The third-order valence-electron chi connectivity index (χ3n) is 3.35. The molecule has 0 N–H and O–H groups in total. The van der Waals surface area contributed by atoms with Gasteiger partial charge in [-0.05, 0) is 29.3 Å². The number of methoxy groups -OCH3 is 2. The third-order valence-corrected chi connectivity index (χ3v) is 3.35. The van der Waals surface area contributed by atoms with Gasteiger partial charge < -0.3 is 9.47 Å². The van der Waals surface area contributed by atoms with Gasteiger partial charge in [0.25, 0.3) is 0 Å². The van der Waals surface area contributed by atoms with Gasteiger partial charge in [-0.25, -0.2) is 4.39 Å². The maximum absolute atomic E-state index is 13.8. The van der Waals surface area contributed by atoms with E-state index in [2.05, 4.69) is 0 Å². The number of hydrogen-bond donors (Lipinski definition) is 0. The van der Waals surface area contributed by atoms with Gasteiger partial charge >= 0.3 is 5.97 Å². The van der Waals surface area contributed by atoms with Gasteiger partial charge in [-0.3, -0.25) is 4.79 Å². The number of nitrogens with zero attached hydrogens (tertiary/aromatic N) is 1. The van der Waals surface area contributed by atoms with E-state index >= 15 is 0 Å². The van der Waals surface area contributed by atoms with Crippen LogP contribution in [-0.4, -0.2) is 20.2 Å². The van der Waals surface area contributed by atoms with E-state index in [1.807, 2.05) is 6.07 Å². The fourth-order valence-corrected chi connectivity index (χ4v) is 2.26. The minimum absolute atomic E-state index is 0.159. The molecule has 0 fully saturated rings. The average Bonchev–Trinajstić information content (AvgIpc) is 2.55. The first-order valence-corrected chi connectivity index (χ1v) is 6.52. The summed E-state index contributed by atoms with van der Waals surface area (Å²) in [6.07, 6.45) is 0. The second kappa shape index (κ2) is 6.72. The van der Waals surface area contributed by atoms with E-state index in [-0.39, 0.29) is 11.1 Å². The molecule has 0 saturated carbocycles. The summed E-state index contributed by atoms with van der Waals surface area (Å²) in [5.41, 5.74) is 0.711. The molecule has 0 heterocycles. The van der Waals surface area contributed by atoms with E-state index in [1.54, 1.807) is 30.3 Å². The lowest BCUT2D eigenvalue weighted by molar-refractivity contribution is -0.141. The molecule has 0 aliphatic heterocycles. The molecule has 0 radical (unpaired) electrons. The van der Waals surface area contributed by atoms with E-state index < -0.39 is 17.7 Å². The lowest BCUT2D eigenvalue weighted by Crippen LogP contribution is -2.17. The molecule has 22 heavy (non-hydrogen) atoms. The van der Waals surface area contributed by atoms with Gasteiger partial charge in [-0.2, -0.15) is 5.26 Å². The Morgan fingerprint density at radius 1 is 1.18 bits per heavy atom. The average molecular weight is 299 g/mol. The monoisotopic (exact) mass is 299 g/mol. The molecule has 0 saturated heterocycles. The van der Waals surface area contributed by atoms with Gasteiger partial charge in [0, 0.05) is 0 Å². The van der Waals surface area contributed by atoms with Crippen molar-refractivity contribution < 1.29 is 18.7 Å². The van der Waals surface area contributed by atoms with Crippen molar-refractivity contribution in [2.45, 2.75) is 5.92 Å². The topological polar surface area (TPSA) is 59.3 Å². The van der Waals surface area contributed by atoms with Crippen LogP contribution in [0.25, 0.3) is 0 Å². The number of nitriles is 1. The Kier molecular flexibility index (Phi) is 4.74. The summed E-state index contributed by atoms with van der Waals surface area (Å²) in [7, 11) is 2.79. The molecule has 2 rings (SSSR count). The zero-order chi connectivity index (χ0) is 16.1. The summed E-state index contributed by atoms with van der Waals surface area (Å²) in [5.74, 6) is -1.47. The zero-order valence-corrected chi connectivity index (χ0v) is 12.2. The van der Waals surface area contributed by atoms with Crippen molar-refractivity contribution in [3.8, 4) is 11.8 Å². The SMILES string of the molecule is COC(=O)C(c1ccc(OC)cc1)c1cccc(F)c1C#N. The number of benzene rings is 2. The van der Waals surface area contributed by atoms with Gasteiger partial charge in [0.1, 0.15) is 23.6 Å². The highest BCUT2D eigenvalue weighted by atomic mass is 19.1. The second-order valence-corrected chi connectivity index (χ2v) is 4.55. The summed E-state index contributed by atoms with van der Waals surface area (Å²) in [6.45, 7) is 0. The highest BCUT2D eigenvalue weighted by Gasteiger charge is 2.27. The normalized spacial score (nSPS) is 11.4. The minimum Gasteiger partial charge on any atom is -0.497 e. The Bertz CT molecular complexity index is 720. The standard InChI is InChI=1S/C17H14FNO3/c1-21-12-8-6-11(7-9-12)16(17(20)22-2)13-4-3-5-15(18)14(13)10-19/h3-9,16H,1-2H3. The maximum Gasteiger partial charge on any atom is 0.317 e. The number of halogens is 1. The summed E-state index contributed by atoms with van der Waals surface area (Å²) < 4.78 is 23.7. The van der Waals surface area contributed by atoms with Crippen LogP contribution in [0, 0.1) is 17.1 Å². The molecule has 1 atom stereocenters. The number of esters is 1. The summed E-state index contributed by atoms with van der Waals surface area (Å²) in [4.78, 5) is 12.2. The Balaban J connectivity index is 2.58. The fraction of sp³-hybridized carbons (Fsp3) is 0.176. The molecule has 0 amide bonds. The van der Waals surface area contributed by atoms with Crippen LogP contribution in [-0.2, 0) is 9.53 Å². The van der Waals surface area contributed by atoms with Gasteiger partial charge in [0.15, 0.2) is 0 Å². The minimum atomic E-state index is -0.874. The van der Waals surface area contributed by atoms with E-state index in [0.717, 1.165) is 0 Å². The number of hydrogen-bond acceptors (Lipinski definition) is 4. The first-order chi connectivity index (χ1) is 10.6. The predicted octanol–water partition coefficient (Wildman–Crippen LogP) is 3.01. The van der Waals surface area contributed by atoms with Crippen LogP contribution in [0.3, 0.4) is 0 Å². The fourth-order valence-electron chi connectivity index (χ4n) is 2.26. The first kappa shape index (κ1) is 15.5. The smallest absolute Gasteiger partial charge is 0.317 e. The second-order valence-electron chi connectivity index (χ2n) is 4.55. The van der Waals surface area contributed by atoms with Crippen molar-refractivity contribution in [2.75, 3.05) is 14.2 Å². The van der Waals surface area contributed by atoms with Crippen molar-refractivity contribution in [2.24, 2.45) is 0 Å². The van der Waals surface area contributed by atoms with Crippen LogP contribution in [0.15, 0.2) is 42.5 Å². The molecular weight excluding hydrogens is 285 g/mol. The van der Waals surface area contributed by atoms with Crippen LogP contribution < -0.4 is 4.74 Å².